The maximum atomic E-state index is 11.8. The first kappa shape index (κ1) is 18.7. The van der Waals surface area contributed by atoms with Crippen molar-refractivity contribution >= 4 is 12.1 Å². The Balaban J connectivity index is 1.64. The van der Waals surface area contributed by atoms with E-state index in [2.05, 4.69) is 10.8 Å². The highest BCUT2D eigenvalue weighted by molar-refractivity contribution is 5.76. The number of hydrogen-bond acceptors (Lipinski definition) is 7. The van der Waals surface area contributed by atoms with Crippen molar-refractivity contribution in [1.29, 1.82) is 0 Å². The fourth-order valence-electron chi connectivity index (χ4n) is 2.75. The number of hydroxylamine groups is 3. The molecule has 0 aliphatic carbocycles. The van der Waals surface area contributed by atoms with Crippen LogP contribution < -0.4 is 10.8 Å². The van der Waals surface area contributed by atoms with Crippen LogP contribution in [0.3, 0.4) is 0 Å². The summed E-state index contributed by atoms with van der Waals surface area (Å²) < 4.78 is 5.07. The van der Waals surface area contributed by atoms with Gasteiger partial charge >= 0.3 is 12.1 Å². The van der Waals surface area contributed by atoms with E-state index >= 15 is 0 Å². The van der Waals surface area contributed by atoms with Gasteiger partial charge in [0.1, 0.15) is 11.8 Å². The zero-order chi connectivity index (χ0) is 17.9. The van der Waals surface area contributed by atoms with Gasteiger partial charge in [-0.05, 0) is 33.6 Å². The number of hydrogen-bond donors (Lipinski definition) is 4. The van der Waals surface area contributed by atoms with Crippen molar-refractivity contribution in [3.8, 4) is 0 Å². The quantitative estimate of drug-likeness (QED) is 0.231. The van der Waals surface area contributed by atoms with Gasteiger partial charge < -0.3 is 20.1 Å². The first-order chi connectivity index (χ1) is 11.2. The fourth-order valence-corrected chi connectivity index (χ4v) is 2.75. The molecule has 138 valence electrons. The van der Waals surface area contributed by atoms with Crippen LogP contribution in [0.25, 0.3) is 0 Å². The number of alkyl carbamates (subject to hydrolysis) is 1. The summed E-state index contributed by atoms with van der Waals surface area (Å²) in [5, 5.41) is 23.0. The van der Waals surface area contributed by atoms with E-state index in [1.807, 2.05) is 0 Å². The van der Waals surface area contributed by atoms with Crippen molar-refractivity contribution in [2.75, 3.05) is 19.7 Å². The van der Waals surface area contributed by atoms with Gasteiger partial charge in [-0.15, -0.1) is 0 Å². The lowest BCUT2D eigenvalue weighted by atomic mass is 10.00. The fraction of sp³-hybridized carbons (Fsp3) is 0.857. The number of aliphatic hydroxyl groups is 1. The molecule has 0 aromatic heterocycles. The summed E-state index contributed by atoms with van der Waals surface area (Å²) in [5.41, 5.74) is 1.89. The second kappa shape index (κ2) is 7.51. The van der Waals surface area contributed by atoms with Crippen LogP contribution in [-0.2, 0) is 9.57 Å². The van der Waals surface area contributed by atoms with Crippen LogP contribution in [0.4, 0.5) is 9.59 Å². The van der Waals surface area contributed by atoms with Gasteiger partial charge in [-0.3, -0.25) is 10.0 Å². The van der Waals surface area contributed by atoms with Crippen LogP contribution >= 0.6 is 0 Å². The van der Waals surface area contributed by atoms with Gasteiger partial charge in [-0.25, -0.2) is 14.7 Å². The Hall–Kier alpha value is -1.62. The molecule has 0 spiro atoms. The number of carbonyl (C=O) groups excluding carboxylic acids is 2. The molecule has 2 heterocycles. The van der Waals surface area contributed by atoms with Crippen molar-refractivity contribution in [1.82, 2.24) is 20.8 Å². The third kappa shape index (κ3) is 4.69. The molecule has 0 saturated carbocycles. The van der Waals surface area contributed by atoms with Crippen molar-refractivity contribution in [2.24, 2.45) is 0 Å². The van der Waals surface area contributed by atoms with E-state index in [1.54, 1.807) is 20.8 Å². The van der Waals surface area contributed by atoms with Gasteiger partial charge in [0.25, 0.3) is 0 Å². The van der Waals surface area contributed by atoms with Crippen molar-refractivity contribution in [3.63, 3.8) is 0 Å². The predicted octanol–water partition coefficient (Wildman–Crippen LogP) is 0.00850. The zero-order valence-electron chi connectivity index (χ0n) is 14.2. The van der Waals surface area contributed by atoms with E-state index in [-0.39, 0.29) is 19.2 Å². The van der Waals surface area contributed by atoms with Gasteiger partial charge in [-0.1, -0.05) is 0 Å². The molecule has 2 rings (SSSR count). The molecule has 1 unspecified atom stereocenters. The van der Waals surface area contributed by atoms with Crippen LogP contribution in [0, 0.1) is 0 Å². The number of fused-ring (bicyclic) bond motifs is 2. The number of amides is 3. The zero-order valence-corrected chi connectivity index (χ0v) is 14.2. The molecule has 2 saturated heterocycles. The number of carbonyl (C=O) groups is 2. The van der Waals surface area contributed by atoms with Crippen LogP contribution in [0.5, 0.6) is 0 Å². The molecule has 10 nitrogen and oxygen atoms in total. The van der Waals surface area contributed by atoms with Gasteiger partial charge in [0, 0.05) is 13.1 Å². The summed E-state index contributed by atoms with van der Waals surface area (Å²) in [5.74, 6) is 0. The predicted molar refractivity (Wildman–Crippen MR) is 81.9 cm³/mol. The average Bonchev–Trinajstić information content (AvgIpc) is 2.70. The maximum absolute atomic E-state index is 11.8. The lowest BCUT2D eigenvalue weighted by Crippen LogP contribution is -2.52. The number of piperidine rings is 1. The summed E-state index contributed by atoms with van der Waals surface area (Å²) in [6.45, 7) is 6.01. The van der Waals surface area contributed by atoms with Crippen LogP contribution in [0.15, 0.2) is 0 Å². The minimum atomic E-state index is -1.08. The van der Waals surface area contributed by atoms with Crippen LogP contribution in [0.2, 0.25) is 0 Å². The Morgan fingerprint density at radius 1 is 1.42 bits per heavy atom. The molecule has 2 aliphatic heterocycles. The van der Waals surface area contributed by atoms with Crippen LogP contribution in [0.1, 0.15) is 33.6 Å². The largest absolute Gasteiger partial charge is 0.444 e. The summed E-state index contributed by atoms with van der Waals surface area (Å²) in [6.07, 6.45) is -0.456. The molecule has 24 heavy (non-hydrogen) atoms. The normalized spacial score (nSPS) is 25.0. The van der Waals surface area contributed by atoms with Gasteiger partial charge in [0.15, 0.2) is 0 Å². The molecule has 2 bridgehead atoms. The highest BCUT2D eigenvalue weighted by atomic mass is 16.7. The molecule has 0 radical (unpaired) electrons. The number of ether oxygens (including phenoxy) is 1. The Morgan fingerprint density at radius 3 is 2.79 bits per heavy atom. The smallest absolute Gasteiger partial charge is 0.407 e. The first-order valence-electron chi connectivity index (χ1n) is 8.00. The minimum Gasteiger partial charge on any atom is -0.444 e. The standard InChI is InChI=1S/C14H26N4O6/c1-14(2,3)24-12(20)15-6-7-23-16-11(19)10-5-4-9-8-17(10)13(21)18(9)22/h9-11,16,19,22H,4-8H2,1-3H3,(H,15,20)/t9-,10+,11?/m1/s1. The summed E-state index contributed by atoms with van der Waals surface area (Å²) in [6, 6.07) is -1.18. The Kier molecular flexibility index (Phi) is 5.86. The van der Waals surface area contributed by atoms with Gasteiger partial charge in [-0.2, -0.15) is 5.48 Å². The molecule has 3 atom stereocenters. The number of nitrogens with zero attached hydrogens (tertiary/aromatic N) is 2. The van der Waals surface area contributed by atoms with Crippen molar-refractivity contribution < 1.29 is 29.5 Å². The molecular weight excluding hydrogens is 320 g/mol. The van der Waals surface area contributed by atoms with E-state index in [9.17, 15) is 19.9 Å². The Bertz CT molecular complexity index is 469. The average molecular weight is 346 g/mol. The van der Waals surface area contributed by atoms with E-state index in [1.165, 1.54) is 4.90 Å². The number of aliphatic hydroxyl groups excluding tert-OH is 1. The Labute approximate surface area is 140 Å². The molecule has 3 amide bonds. The van der Waals surface area contributed by atoms with Crippen LogP contribution in [-0.4, -0.2) is 76.0 Å². The van der Waals surface area contributed by atoms with E-state index < -0.39 is 30.0 Å². The molecule has 0 aromatic rings. The number of urea groups is 1. The molecular formula is C14H26N4O6. The highest BCUT2D eigenvalue weighted by Crippen LogP contribution is 2.29. The lowest BCUT2D eigenvalue weighted by Gasteiger charge is -2.33. The third-order valence-electron chi connectivity index (χ3n) is 3.83. The van der Waals surface area contributed by atoms with Gasteiger partial charge in [0.05, 0.1) is 18.7 Å². The molecule has 2 aliphatic rings. The van der Waals surface area contributed by atoms with E-state index in [4.69, 9.17) is 9.57 Å². The minimum absolute atomic E-state index is 0.117. The Morgan fingerprint density at radius 2 is 2.12 bits per heavy atom. The maximum Gasteiger partial charge on any atom is 0.407 e. The topological polar surface area (TPSA) is 124 Å². The molecule has 10 heteroatoms. The molecule has 0 aromatic carbocycles. The highest BCUT2D eigenvalue weighted by Gasteiger charge is 2.46. The van der Waals surface area contributed by atoms with E-state index in [0.29, 0.717) is 19.4 Å². The van der Waals surface area contributed by atoms with Crippen molar-refractivity contribution in [3.05, 3.63) is 0 Å². The molecule has 2 fully saturated rings. The van der Waals surface area contributed by atoms with Gasteiger partial charge in [0.2, 0.25) is 0 Å². The SMILES string of the molecule is CC(C)(C)OC(=O)NCCONC(O)[C@@H]1CC[C@@H]2CN1C(=O)N2O. The second-order valence-electron chi connectivity index (χ2n) is 6.92. The van der Waals surface area contributed by atoms with E-state index in [0.717, 1.165) is 5.06 Å². The second-order valence-corrected chi connectivity index (χ2v) is 6.92. The number of rotatable bonds is 6. The van der Waals surface area contributed by atoms with Crippen molar-refractivity contribution in [2.45, 2.75) is 57.5 Å². The third-order valence-corrected chi connectivity index (χ3v) is 3.83. The monoisotopic (exact) mass is 346 g/mol. The summed E-state index contributed by atoms with van der Waals surface area (Å²) in [7, 11) is 0. The lowest BCUT2D eigenvalue weighted by molar-refractivity contribution is -0.0881. The number of nitrogens with one attached hydrogen (secondary N) is 2. The molecule has 4 N–H and O–H groups in total. The summed E-state index contributed by atoms with van der Waals surface area (Å²) in [4.78, 5) is 29.8. The summed E-state index contributed by atoms with van der Waals surface area (Å²) >= 11 is 0. The first-order valence-corrected chi connectivity index (χ1v) is 8.00.